The summed E-state index contributed by atoms with van der Waals surface area (Å²) in [6, 6.07) is 10.1. The molecule has 1 heterocycles. The topological polar surface area (TPSA) is 65.5 Å². The monoisotopic (exact) mass is 339 g/mol. The third-order valence-corrected chi connectivity index (χ3v) is 4.80. The number of benzene rings is 2. The minimum absolute atomic E-state index is 0.160. The van der Waals surface area contributed by atoms with Crippen LogP contribution in [0.25, 0.3) is 11.0 Å². The number of halogens is 1. The Labute approximate surface area is 144 Å². The first-order valence-corrected chi connectivity index (χ1v) is 8.28. The van der Waals surface area contributed by atoms with Gasteiger partial charge in [-0.2, -0.15) is 0 Å². The average Bonchev–Trinajstić information content (AvgIpc) is 3.38. The summed E-state index contributed by atoms with van der Waals surface area (Å²) in [6.07, 6.45) is 3.97. The van der Waals surface area contributed by atoms with Crippen LogP contribution < -0.4 is 5.73 Å². The summed E-state index contributed by atoms with van der Waals surface area (Å²) >= 11 is 0. The van der Waals surface area contributed by atoms with E-state index in [1.165, 1.54) is 12.1 Å². The zero-order chi connectivity index (χ0) is 17.4. The van der Waals surface area contributed by atoms with Crippen molar-refractivity contribution in [3.05, 3.63) is 65.2 Å². The molecule has 0 saturated heterocycles. The van der Waals surface area contributed by atoms with Gasteiger partial charge < -0.3 is 14.9 Å². The molecule has 2 aromatic carbocycles. The van der Waals surface area contributed by atoms with Gasteiger partial charge in [0.1, 0.15) is 18.0 Å². The summed E-state index contributed by atoms with van der Waals surface area (Å²) in [5, 5.41) is 0.958. The molecule has 3 aromatic rings. The Morgan fingerprint density at radius 2 is 2.04 bits per heavy atom. The number of carbonyl (C=O) groups excluding carboxylic acids is 1. The Hall–Kier alpha value is -2.82. The number of rotatable bonds is 6. The van der Waals surface area contributed by atoms with Gasteiger partial charge in [-0.3, -0.25) is 4.79 Å². The van der Waals surface area contributed by atoms with Gasteiger partial charge in [-0.05, 0) is 48.1 Å². The van der Waals surface area contributed by atoms with Gasteiger partial charge in [0.05, 0.1) is 6.26 Å². The lowest BCUT2D eigenvalue weighted by molar-refractivity contribution is -0.128. The summed E-state index contributed by atoms with van der Waals surface area (Å²) in [5.74, 6) is -0.0231. The third kappa shape index (κ3) is 2.97. The first kappa shape index (κ1) is 15.7. The van der Waals surface area contributed by atoms with Crippen LogP contribution in [0, 0.1) is 5.82 Å². The van der Waals surface area contributed by atoms with Gasteiger partial charge in [-0.15, -0.1) is 0 Å². The van der Waals surface area contributed by atoms with E-state index in [-0.39, 0.29) is 18.3 Å². The van der Waals surface area contributed by atoms with E-state index in [4.69, 9.17) is 14.9 Å². The molecule has 1 aromatic heterocycles. The van der Waals surface area contributed by atoms with Crippen LogP contribution >= 0.6 is 0 Å². The van der Waals surface area contributed by atoms with Gasteiger partial charge in [0.2, 0.25) is 0 Å². The molecule has 1 fully saturated rings. The minimum atomic E-state index is -0.306. The van der Waals surface area contributed by atoms with Crippen LogP contribution in [0.5, 0.6) is 0 Å². The van der Waals surface area contributed by atoms with Crippen molar-refractivity contribution in [1.82, 2.24) is 0 Å². The summed E-state index contributed by atoms with van der Waals surface area (Å²) < 4.78 is 24.0. The molecule has 1 aliphatic carbocycles. The van der Waals surface area contributed by atoms with Gasteiger partial charge in [0.15, 0.2) is 0 Å². The minimum Gasteiger partial charge on any atom is -0.467 e. The lowest BCUT2D eigenvalue weighted by Gasteiger charge is -2.16. The zero-order valence-electron chi connectivity index (χ0n) is 13.6. The molecule has 1 aliphatic rings. The van der Waals surface area contributed by atoms with Gasteiger partial charge in [-0.1, -0.05) is 12.1 Å². The number of nitrogens with two attached hydrogens (primary N) is 1. The van der Waals surface area contributed by atoms with Crippen LogP contribution in [-0.2, 0) is 9.53 Å². The first-order valence-electron chi connectivity index (χ1n) is 8.28. The van der Waals surface area contributed by atoms with Crippen molar-refractivity contribution in [1.29, 1.82) is 0 Å². The maximum absolute atomic E-state index is 13.3. The van der Waals surface area contributed by atoms with Gasteiger partial charge in [0, 0.05) is 28.6 Å². The SMILES string of the molecule is Nc1cc2occ(C(COC=O)c3ccc(F)cc3)c2cc1C1CC1. The maximum Gasteiger partial charge on any atom is 0.293 e. The van der Waals surface area contributed by atoms with Crippen LogP contribution in [0.4, 0.5) is 10.1 Å². The van der Waals surface area contributed by atoms with Gasteiger partial charge >= 0.3 is 0 Å². The maximum atomic E-state index is 13.3. The number of hydrogen-bond acceptors (Lipinski definition) is 4. The van der Waals surface area contributed by atoms with E-state index in [0.717, 1.165) is 40.6 Å². The van der Waals surface area contributed by atoms with Crippen LogP contribution in [0.15, 0.2) is 47.1 Å². The number of anilines is 1. The number of fused-ring (bicyclic) bond motifs is 1. The van der Waals surface area contributed by atoms with E-state index in [2.05, 4.69) is 6.07 Å². The highest BCUT2D eigenvalue weighted by Gasteiger charge is 2.28. The van der Waals surface area contributed by atoms with E-state index in [9.17, 15) is 9.18 Å². The van der Waals surface area contributed by atoms with Crippen molar-refractivity contribution in [2.45, 2.75) is 24.7 Å². The first-order chi connectivity index (χ1) is 12.2. The van der Waals surface area contributed by atoms with E-state index >= 15 is 0 Å². The van der Waals surface area contributed by atoms with Crippen molar-refractivity contribution < 1.29 is 18.3 Å². The molecule has 128 valence electrons. The Bertz CT molecular complexity index is 913. The smallest absolute Gasteiger partial charge is 0.293 e. The number of ether oxygens (including phenoxy) is 1. The number of furan rings is 1. The largest absolute Gasteiger partial charge is 0.467 e. The molecule has 0 amide bonds. The predicted octanol–water partition coefficient (Wildman–Crippen LogP) is 4.34. The Morgan fingerprint density at radius 3 is 2.72 bits per heavy atom. The summed E-state index contributed by atoms with van der Waals surface area (Å²) in [6.45, 7) is 0.583. The molecule has 0 aliphatic heterocycles. The molecule has 25 heavy (non-hydrogen) atoms. The average molecular weight is 339 g/mol. The summed E-state index contributed by atoms with van der Waals surface area (Å²) in [5.41, 5.74) is 10.5. The van der Waals surface area contributed by atoms with E-state index in [1.54, 1.807) is 18.4 Å². The van der Waals surface area contributed by atoms with Crippen LogP contribution in [0.1, 0.15) is 41.4 Å². The standard InChI is InChI=1S/C20H18FNO3/c21-14-5-3-13(4-6-14)17(9-24-11-23)18-10-25-20-8-19(22)15(7-16(18)20)12-1-2-12/h3-8,10-12,17H,1-2,9,22H2. The normalized spacial score (nSPS) is 15.2. The Morgan fingerprint density at radius 1 is 1.28 bits per heavy atom. The number of carbonyl (C=O) groups is 1. The molecule has 4 rings (SSSR count). The second-order valence-corrected chi connectivity index (χ2v) is 6.48. The number of hydrogen-bond donors (Lipinski definition) is 1. The molecule has 2 N–H and O–H groups in total. The zero-order valence-corrected chi connectivity index (χ0v) is 13.6. The van der Waals surface area contributed by atoms with E-state index < -0.39 is 0 Å². The molecule has 0 radical (unpaired) electrons. The fourth-order valence-corrected chi connectivity index (χ4v) is 3.34. The van der Waals surface area contributed by atoms with Crippen LogP contribution in [-0.4, -0.2) is 13.1 Å². The molecule has 1 saturated carbocycles. The summed E-state index contributed by atoms with van der Waals surface area (Å²) in [4.78, 5) is 10.7. The quantitative estimate of drug-likeness (QED) is 0.536. The van der Waals surface area contributed by atoms with E-state index in [1.807, 2.05) is 6.07 Å². The van der Waals surface area contributed by atoms with E-state index in [0.29, 0.717) is 18.0 Å². The van der Waals surface area contributed by atoms with Crippen molar-refractivity contribution in [3.8, 4) is 0 Å². The second-order valence-electron chi connectivity index (χ2n) is 6.48. The number of nitrogen functional groups attached to an aromatic ring is 1. The van der Waals surface area contributed by atoms with Crippen LogP contribution in [0.2, 0.25) is 0 Å². The molecule has 0 bridgehead atoms. The second kappa shape index (κ2) is 6.24. The van der Waals surface area contributed by atoms with Crippen LogP contribution in [0.3, 0.4) is 0 Å². The summed E-state index contributed by atoms with van der Waals surface area (Å²) in [7, 11) is 0. The molecule has 0 spiro atoms. The Kier molecular flexibility index (Phi) is 3.92. The third-order valence-electron chi connectivity index (χ3n) is 4.80. The van der Waals surface area contributed by atoms with Gasteiger partial charge in [0.25, 0.3) is 6.47 Å². The highest BCUT2D eigenvalue weighted by molar-refractivity contribution is 5.86. The highest BCUT2D eigenvalue weighted by atomic mass is 19.1. The van der Waals surface area contributed by atoms with Gasteiger partial charge in [-0.25, -0.2) is 4.39 Å². The lowest BCUT2D eigenvalue weighted by atomic mass is 9.90. The van der Waals surface area contributed by atoms with Crippen molar-refractivity contribution >= 4 is 23.1 Å². The predicted molar refractivity (Wildman–Crippen MR) is 92.9 cm³/mol. The van der Waals surface area contributed by atoms with Crippen molar-refractivity contribution in [3.63, 3.8) is 0 Å². The molecular formula is C20H18FNO3. The fourth-order valence-electron chi connectivity index (χ4n) is 3.34. The fraction of sp³-hybridized carbons (Fsp3) is 0.250. The highest BCUT2D eigenvalue weighted by Crippen LogP contribution is 2.45. The molecular weight excluding hydrogens is 321 g/mol. The molecule has 4 nitrogen and oxygen atoms in total. The molecule has 5 heteroatoms. The lowest BCUT2D eigenvalue weighted by Crippen LogP contribution is -2.09. The van der Waals surface area contributed by atoms with Crippen molar-refractivity contribution in [2.24, 2.45) is 0 Å². The molecule has 1 unspecified atom stereocenters. The van der Waals surface area contributed by atoms with Crippen molar-refractivity contribution in [2.75, 3.05) is 12.3 Å². The molecule has 1 atom stereocenters. The Balaban J connectivity index is 1.81.